The first kappa shape index (κ1) is 25.9. The maximum absolute atomic E-state index is 13.5. The predicted octanol–water partition coefficient (Wildman–Crippen LogP) is 3.98. The Kier molecular flexibility index (Phi) is 6.49. The fraction of sp³-hybridized carbons (Fsp3) is 0.360. The lowest BCUT2D eigenvalue weighted by molar-refractivity contribution is -0.120. The summed E-state index contributed by atoms with van der Waals surface area (Å²) in [5, 5.41) is 7.29. The Hall–Kier alpha value is -3.74. The number of benzene rings is 1. The van der Waals surface area contributed by atoms with Crippen molar-refractivity contribution in [2.75, 3.05) is 22.9 Å². The number of aryl methyl sites for hydroxylation is 1. The summed E-state index contributed by atoms with van der Waals surface area (Å²) in [5.74, 6) is -0.966. The van der Waals surface area contributed by atoms with E-state index < -0.39 is 28.5 Å². The molecule has 1 N–H and O–H groups in total. The molecule has 1 aromatic carbocycles. The molecule has 3 aromatic rings. The lowest BCUT2D eigenvalue weighted by Crippen LogP contribution is -2.25. The lowest BCUT2D eigenvalue weighted by atomic mass is 10.1. The van der Waals surface area contributed by atoms with Crippen molar-refractivity contribution in [2.45, 2.75) is 31.9 Å². The van der Waals surface area contributed by atoms with E-state index in [0.29, 0.717) is 28.3 Å². The number of pyridine rings is 1. The van der Waals surface area contributed by atoms with Crippen LogP contribution in [0.2, 0.25) is 0 Å². The average molecular weight is 547 g/mol. The smallest absolute Gasteiger partial charge is 0.277 e. The van der Waals surface area contributed by atoms with Crippen LogP contribution in [0.1, 0.15) is 17.8 Å². The van der Waals surface area contributed by atoms with Crippen LogP contribution in [-0.2, 0) is 34.7 Å². The predicted molar refractivity (Wildman–Crippen MR) is 138 cm³/mol. The molecule has 1 aliphatic heterocycles. The van der Waals surface area contributed by atoms with Gasteiger partial charge in [0, 0.05) is 38.7 Å². The van der Waals surface area contributed by atoms with E-state index in [2.05, 4.69) is 20.4 Å². The highest BCUT2D eigenvalue weighted by Gasteiger charge is 2.43. The minimum absolute atomic E-state index is 0.146. The van der Waals surface area contributed by atoms with Crippen molar-refractivity contribution in [1.82, 2.24) is 14.8 Å². The molecular weight excluding hydrogens is 521 g/mol. The number of halogens is 3. The van der Waals surface area contributed by atoms with Crippen LogP contribution in [0.15, 0.2) is 41.7 Å². The third-order valence-electron chi connectivity index (χ3n) is 6.60. The first-order valence-corrected chi connectivity index (χ1v) is 13.6. The van der Waals surface area contributed by atoms with E-state index in [0.717, 1.165) is 16.1 Å². The standard InChI is InChI=1S/C25H25F3N6O3S/c1-33-12-14(11-29-33)13-4-5-18(22(6-13)34(2)38(3,36)37)31-19-7-15(8-23(35)16-9-17(16)26)30-20-10-21(25(27)28)32-24(19)20/h4-7,11-12,16-17,25H,8-10H2,1-3H3,(H,30,31)/t16-,17+/m1/s1. The number of carbonyl (C=O) groups excluding carboxylic acids is 1. The lowest BCUT2D eigenvalue weighted by Gasteiger charge is -2.22. The number of hydrogen-bond donors (Lipinski definition) is 1. The molecule has 1 fully saturated rings. The van der Waals surface area contributed by atoms with Crippen molar-refractivity contribution >= 4 is 44.3 Å². The van der Waals surface area contributed by atoms with Crippen LogP contribution in [-0.4, -0.2) is 60.6 Å². The minimum atomic E-state index is -3.67. The Morgan fingerprint density at radius 1 is 1.24 bits per heavy atom. The summed E-state index contributed by atoms with van der Waals surface area (Å²) in [6.07, 6.45) is 0.404. The number of ketones is 1. The van der Waals surface area contributed by atoms with Crippen molar-refractivity contribution in [3.05, 3.63) is 48.0 Å². The number of sulfonamides is 1. The molecule has 0 spiro atoms. The SMILES string of the molecule is CN(c1cc(-c2cnn(C)c2)ccc1Nc1cc(CC(=O)[C@@H]2C[C@@H]2F)nc2c1N=C(C(F)F)C2)S(C)(=O)=O. The molecule has 13 heteroatoms. The number of aliphatic imine (C=N–C) groups is 1. The Labute approximate surface area is 217 Å². The second kappa shape index (κ2) is 9.53. The fourth-order valence-corrected chi connectivity index (χ4v) is 4.85. The molecule has 0 amide bonds. The molecule has 1 aliphatic carbocycles. The normalized spacial score (nSPS) is 18.3. The molecule has 3 heterocycles. The Morgan fingerprint density at radius 3 is 2.58 bits per heavy atom. The van der Waals surface area contributed by atoms with Gasteiger partial charge in [0.25, 0.3) is 6.43 Å². The van der Waals surface area contributed by atoms with E-state index in [9.17, 15) is 26.4 Å². The van der Waals surface area contributed by atoms with Gasteiger partial charge < -0.3 is 5.32 Å². The second-order valence-electron chi connectivity index (χ2n) is 9.53. The van der Waals surface area contributed by atoms with Crippen molar-refractivity contribution in [3.63, 3.8) is 0 Å². The Morgan fingerprint density at radius 2 is 1.97 bits per heavy atom. The van der Waals surface area contributed by atoms with Crippen LogP contribution in [0.25, 0.3) is 11.1 Å². The molecule has 0 unspecified atom stereocenters. The molecule has 0 saturated heterocycles. The summed E-state index contributed by atoms with van der Waals surface area (Å²) in [6.45, 7) is 0. The summed E-state index contributed by atoms with van der Waals surface area (Å²) >= 11 is 0. The zero-order chi connectivity index (χ0) is 27.4. The van der Waals surface area contributed by atoms with E-state index in [4.69, 9.17) is 0 Å². The van der Waals surface area contributed by atoms with Crippen LogP contribution in [0.5, 0.6) is 0 Å². The highest BCUT2D eigenvalue weighted by Crippen LogP contribution is 2.41. The number of rotatable bonds is 9. The molecule has 2 aromatic heterocycles. The first-order valence-electron chi connectivity index (χ1n) is 11.8. The summed E-state index contributed by atoms with van der Waals surface area (Å²) in [6, 6.07) is 6.63. The van der Waals surface area contributed by atoms with E-state index in [-0.39, 0.29) is 42.1 Å². The Bertz CT molecular complexity index is 1570. The van der Waals surface area contributed by atoms with Crippen molar-refractivity contribution in [2.24, 2.45) is 18.0 Å². The van der Waals surface area contributed by atoms with Gasteiger partial charge in [-0.2, -0.15) is 5.10 Å². The van der Waals surface area contributed by atoms with Gasteiger partial charge in [0.15, 0.2) is 0 Å². The summed E-state index contributed by atoms with van der Waals surface area (Å²) < 4.78 is 68.0. The summed E-state index contributed by atoms with van der Waals surface area (Å²) in [7, 11) is -0.507. The number of nitrogens with one attached hydrogen (secondary N) is 1. The van der Waals surface area contributed by atoms with Gasteiger partial charge in [0.05, 0.1) is 52.5 Å². The number of carbonyl (C=O) groups is 1. The number of nitrogens with zero attached hydrogens (tertiary/aromatic N) is 5. The molecule has 0 radical (unpaired) electrons. The number of fused-ring (bicyclic) bond motifs is 1. The quantitative estimate of drug-likeness (QED) is 0.435. The maximum atomic E-state index is 13.5. The zero-order valence-electron chi connectivity index (χ0n) is 20.8. The van der Waals surface area contributed by atoms with Crippen LogP contribution in [0.3, 0.4) is 0 Å². The van der Waals surface area contributed by atoms with Crippen LogP contribution < -0.4 is 9.62 Å². The number of hydrogen-bond acceptors (Lipinski definition) is 7. The fourth-order valence-electron chi connectivity index (χ4n) is 4.34. The van der Waals surface area contributed by atoms with Crippen LogP contribution in [0.4, 0.5) is 35.9 Å². The van der Waals surface area contributed by atoms with Crippen molar-refractivity contribution in [1.29, 1.82) is 0 Å². The molecule has 38 heavy (non-hydrogen) atoms. The van der Waals surface area contributed by atoms with Gasteiger partial charge in [-0.05, 0) is 30.2 Å². The van der Waals surface area contributed by atoms with E-state index in [1.165, 1.54) is 13.1 Å². The van der Waals surface area contributed by atoms with Gasteiger partial charge in [-0.3, -0.25) is 18.8 Å². The van der Waals surface area contributed by atoms with Crippen molar-refractivity contribution < 1.29 is 26.4 Å². The number of Topliss-reactive ketones (excluding diaryl/α,β-unsaturated/α-hetero) is 1. The van der Waals surface area contributed by atoms with Gasteiger partial charge in [-0.25, -0.2) is 26.6 Å². The molecule has 9 nitrogen and oxygen atoms in total. The Balaban J connectivity index is 1.57. The molecule has 0 bridgehead atoms. The van der Waals surface area contributed by atoms with E-state index in [1.54, 1.807) is 42.3 Å². The highest BCUT2D eigenvalue weighted by atomic mass is 32.2. The van der Waals surface area contributed by atoms with Gasteiger partial charge in [-0.1, -0.05) is 6.07 Å². The molecule has 5 rings (SSSR count). The average Bonchev–Trinajstić information content (AvgIpc) is 3.21. The van der Waals surface area contributed by atoms with E-state index in [1.807, 2.05) is 0 Å². The molecule has 2 aliphatic rings. The molecular formula is C25H25F3N6O3S. The topological polar surface area (TPSA) is 110 Å². The monoisotopic (exact) mass is 546 g/mol. The van der Waals surface area contributed by atoms with E-state index >= 15 is 0 Å². The van der Waals surface area contributed by atoms with Gasteiger partial charge >= 0.3 is 0 Å². The first-order chi connectivity index (χ1) is 17.9. The third kappa shape index (κ3) is 5.15. The van der Waals surface area contributed by atoms with Gasteiger partial charge in [-0.15, -0.1) is 0 Å². The maximum Gasteiger partial charge on any atom is 0.277 e. The minimum Gasteiger partial charge on any atom is -0.352 e. The number of anilines is 3. The largest absolute Gasteiger partial charge is 0.352 e. The summed E-state index contributed by atoms with van der Waals surface area (Å²) in [4.78, 5) is 20.9. The summed E-state index contributed by atoms with van der Waals surface area (Å²) in [5.41, 5.74) is 2.83. The molecule has 200 valence electrons. The number of aromatic nitrogens is 3. The highest BCUT2D eigenvalue weighted by molar-refractivity contribution is 7.92. The van der Waals surface area contributed by atoms with Crippen molar-refractivity contribution in [3.8, 4) is 11.1 Å². The van der Waals surface area contributed by atoms with Gasteiger partial charge in [0.1, 0.15) is 17.6 Å². The van der Waals surface area contributed by atoms with Gasteiger partial charge in [0.2, 0.25) is 10.0 Å². The number of alkyl halides is 3. The second-order valence-corrected chi connectivity index (χ2v) is 11.5. The third-order valence-corrected chi connectivity index (χ3v) is 7.79. The molecule has 1 saturated carbocycles. The zero-order valence-corrected chi connectivity index (χ0v) is 21.6. The van der Waals surface area contributed by atoms with Crippen LogP contribution >= 0.6 is 0 Å². The van der Waals surface area contributed by atoms with Crippen LogP contribution in [0, 0.1) is 5.92 Å². The molecule has 2 atom stereocenters.